The molecule has 8 N–H and O–H groups in total. The van der Waals surface area contributed by atoms with E-state index in [1.807, 2.05) is 73.1 Å². The number of thiophene rings is 1. The van der Waals surface area contributed by atoms with E-state index in [2.05, 4.69) is 303 Å². The number of nitrogens with zero attached hydrogens (tertiary/aromatic N) is 14. The number of ether oxygens (including phenoxy) is 1. The molecule has 0 aromatic carbocycles. The van der Waals surface area contributed by atoms with E-state index in [-0.39, 0.29) is 47.6 Å². The Morgan fingerprint density at radius 2 is 0.960 bits per heavy atom. The van der Waals surface area contributed by atoms with Crippen molar-refractivity contribution < 1.29 is 55.4 Å². The number of amides is 5. The molecular formula is C110H179N21O12S7. The summed E-state index contributed by atoms with van der Waals surface area (Å²) in [6.07, 6.45) is 25.5. The van der Waals surface area contributed by atoms with Gasteiger partial charge in [0.2, 0.25) is 37.8 Å². The molecule has 0 spiro atoms. The summed E-state index contributed by atoms with van der Waals surface area (Å²) in [5.74, 6) is 15.0. The Bertz CT molecular complexity index is 5660. The lowest BCUT2D eigenvalue weighted by molar-refractivity contribution is -0.142. The highest BCUT2D eigenvalue weighted by Crippen LogP contribution is 2.50. The Morgan fingerprint density at radius 3 is 1.34 bits per heavy atom. The number of rotatable bonds is 31. The van der Waals surface area contributed by atoms with E-state index in [4.69, 9.17) is 10.4 Å². The summed E-state index contributed by atoms with van der Waals surface area (Å²) in [4.78, 5) is 86.4. The number of methoxy groups -OCH3 is 1. The van der Waals surface area contributed by atoms with Crippen LogP contribution in [-0.4, -0.2) is 173 Å². The SMILES string of the molecule is CC(=O)Nc1cc(C(C)C)cs1.CC(=O)Nc1cc(C(C)C)ns1.CC(C)C1CC1C#N.CC(C)C1CC1C(=O)O.CC(C)C1CC1CNS(C)(=O)=O.CC(C)C1CC1NS(C)(=O)=O.CC(C)C1CC1n1cnnc1.CC(C)c1csc(-c2ccncc2)n1.CC(C)c1csc(-c2cncn2C)n1.CC(C)c1csc(-n2cnnc2)n1.CCNC(=O)C1CC1C(C)C.CCNC(=O)NCC1CC1C(C)C.COC(=O)C1CC1C(C)C. The Morgan fingerprint density at radius 1 is 0.487 bits per heavy atom. The number of carbonyl (C=O) groups excluding carboxylic acids is 5. The highest BCUT2D eigenvalue weighted by Gasteiger charge is 2.48. The number of aromatic nitrogens is 13. The Hall–Kier alpha value is -9.21. The lowest BCUT2D eigenvalue weighted by Crippen LogP contribution is -2.36. The molecule has 9 heterocycles. The Balaban J connectivity index is 0.000000286. The van der Waals surface area contributed by atoms with Gasteiger partial charge < -0.3 is 45.6 Å². The number of anilines is 2. The number of hydrogen-bond donors (Lipinski definition) is 8. The summed E-state index contributed by atoms with van der Waals surface area (Å²) in [6.45, 7) is 66.0. The largest absolute Gasteiger partial charge is 0.481 e. The van der Waals surface area contributed by atoms with Crippen molar-refractivity contribution in [2.75, 3.05) is 56.4 Å². The maximum absolute atomic E-state index is 11.2. The van der Waals surface area contributed by atoms with Gasteiger partial charge >= 0.3 is 18.0 Å². The number of nitriles is 1. The van der Waals surface area contributed by atoms with Crippen LogP contribution in [0.25, 0.3) is 26.4 Å². The fourth-order valence-electron chi connectivity index (χ4n) is 16.7. The van der Waals surface area contributed by atoms with Crippen LogP contribution in [0.4, 0.5) is 14.8 Å². The van der Waals surface area contributed by atoms with Crippen molar-refractivity contribution in [3.8, 4) is 32.5 Å². The van der Waals surface area contributed by atoms with Crippen LogP contribution in [0, 0.1) is 142 Å². The highest BCUT2D eigenvalue weighted by atomic mass is 32.2. The summed E-state index contributed by atoms with van der Waals surface area (Å²) in [5, 5.41) is 59.0. The van der Waals surface area contributed by atoms with Gasteiger partial charge in [-0.1, -0.05) is 180 Å². The van der Waals surface area contributed by atoms with Crippen LogP contribution in [-0.2, 0) is 55.8 Å². The molecule has 838 valence electrons. The van der Waals surface area contributed by atoms with Crippen molar-refractivity contribution in [1.29, 1.82) is 5.26 Å². The molecule has 0 saturated heterocycles. The van der Waals surface area contributed by atoms with Crippen molar-refractivity contribution in [2.24, 2.45) is 137 Å². The molecule has 17 rings (SSSR count). The Labute approximate surface area is 916 Å². The number of sulfonamides is 2. The second-order valence-electron chi connectivity index (χ2n) is 44.5. The van der Waals surface area contributed by atoms with Gasteiger partial charge in [0.1, 0.15) is 40.3 Å². The molecule has 5 amide bonds. The van der Waals surface area contributed by atoms with E-state index in [1.54, 1.807) is 76.7 Å². The van der Waals surface area contributed by atoms with Gasteiger partial charge in [0.25, 0.3) is 0 Å². The number of carboxylic acids is 1. The number of pyridine rings is 1. The minimum atomic E-state index is -2.98. The summed E-state index contributed by atoms with van der Waals surface area (Å²) >= 11 is 7.88. The monoisotopic (exact) mass is 2210 g/mol. The van der Waals surface area contributed by atoms with Gasteiger partial charge in [0.05, 0.1) is 83.5 Å². The van der Waals surface area contributed by atoms with E-state index < -0.39 is 26.0 Å². The quantitative estimate of drug-likeness (QED) is 0.0187. The zero-order chi connectivity index (χ0) is 113. The zero-order valence-corrected chi connectivity index (χ0v) is 101. The first-order valence-corrected chi connectivity index (χ1v) is 61.4. The molecule has 9 aromatic heterocycles. The second kappa shape index (κ2) is 64.2. The normalized spacial score (nSPS) is 21.6. The molecular weight excluding hydrogens is 2030 g/mol. The number of aryl methyl sites for hydroxylation is 1. The molecule has 8 saturated carbocycles. The minimum Gasteiger partial charge on any atom is -0.481 e. The second-order valence-corrected chi connectivity index (χ2v) is 52.4. The average molecular weight is 2210 g/mol. The van der Waals surface area contributed by atoms with Gasteiger partial charge in [-0.25, -0.2) is 51.0 Å². The molecule has 9 aromatic rings. The predicted octanol–water partition coefficient (Wildman–Crippen LogP) is 23.4. The maximum atomic E-state index is 11.2. The molecule has 8 aliphatic carbocycles. The lowest BCUT2D eigenvalue weighted by atomic mass is 10.1. The third kappa shape index (κ3) is 49.9. The number of thiazole rings is 3. The van der Waals surface area contributed by atoms with Gasteiger partial charge in [-0.3, -0.25) is 33.5 Å². The third-order valence-electron chi connectivity index (χ3n) is 27.1. The Kier molecular flexibility index (Phi) is 56.2. The van der Waals surface area contributed by atoms with E-state index in [1.165, 1.54) is 75.5 Å². The first kappa shape index (κ1) is 131. The van der Waals surface area contributed by atoms with Crippen LogP contribution in [0.5, 0.6) is 0 Å². The van der Waals surface area contributed by atoms with E-state index in [9.17, 15) is 45.6 Å². The van der Waals surface area contributed by atoms with Crippen molar-refractivity contribution in [1.82, 2.24) is 88.8 Å². The molecule has 40 heteroatoms. The van der Waals surface area contributed by atoms with Crippen LogP contribution in [0.2, 0.25) is 0 Å². The molecule has 8 aliphatic rings. The molecule has 0 radical (unpaired) electrons. The smallest absolute Gasteiger partial charge is 0.314 e. The number of nitrogens with one attached hydrogen (secondary N) is 7. The highest BCUT2D eigenvalue weighted by molar-refractivity contribution is 7.89. The first-order valence-electron chi connectivity index (χ1n) is 53.3. The number of hydrogen-bond acceptors (Lipinski definition) is 27. The number of carboxylic acid groups (broad SMARTS) is 1. The number of aliphatic carboxylic acids is 1. The molecule has 0 bridgehead atoms. The summed E-state index contributed by atoms with van der Waals surface area (Å²) in [7, 11) is -2.51. The van der Waals surface area contributed by atoms with Crippen LogP contribution in [0.15, 0.2) is 96.0 Å². The summed E-state index contributed by atoms with van der Waals surface area (Å²) in [5.41, 5.74) is 7.99. The zero-order valence-electron chi connectivity index (χ0n) is 95.5. The topological polar surface area (TPSA) is 452 Å². The number of carbonyl (C=O) groups is 6. The van der Waals surface area contributed by atoms with Crippen LogP contribution in [0.1, 0.15) is 323 Å². The average Bonchev–Trinajstić information content (AvgIpc) is 1.65. The minimum absolute atomic E-state index is 0.00726. The number of imidazole rings is 1. The molecule has 0 aliphatic heterocycles. The predicted molar refractivity (Wildman–Crippen MR) is 611 cm³/mol. The van der Waals surface area contributed by atoms with E-state index in [0.717, 1.165) is 146 Å². The molecule has 33 nitrogen and oxygen atoms in total. The van der Waals surface area contributed by atoms with Crippen molar-refractivity contribution in [2.45, 2.75) is 301 Å². The molecule has 150 heavy (non-hydrogen) atoms. The van der Waals surface area contributed by atoms with Crippen molar-refractivity contribution in [3.63, 3.8) is 0 Å². The van der Waals surface area contributed by atoms with Crippen LogP contribution in [0.3, 0.4) is 0 Å². The van der Waals surface area contributed by atoms with Crippen molar-refractivity contribution in [3.05, 3.63) is 124 Å². The summed E-state index contributed by atoms with van der Waals surface area (Å²) in [6, 6.07) is 11.1. The number of esters is 1. The van der Waals surface area contributed by atoms with Crippen LogP contribution >= 0.6 is 56.9 Å². The molecule has 8 fully saturated rings. The summed E-state index contributed by atoms with van der Waals surface area (Å²) < 4.78 is 62.8. The van der Waals surface area contributed by atoms with Gasteiger partial charge in [0, 0.05) is 105 Å². The standard InChI is InChI=1S/C11H12N2S.C10H13N3S.C10H20N2O.C9H13NOS.C9H17NO.C8H10N4S.C8H13N3.C8H12N2OS.C8H17NO2S.C8H14O2.C7H15NO2S.C7H11N.C7H12O2/c1-8(2)10-7-14-11(13-10)9-3-5-12-6-4-9;1-7(2)8-5-14-10(12-8)9-4-11-6-13(9)3;1-4-11-10(13)12-6-8-5-9(8)7(2)3;1-6(2)8-4-9(12-5-8)10-7(3)11;1-4-10-9(11)8-5-7(8)6(2)3;1-6(2)7-3-13-8(11-7)12-4-9-10-5-12;1-6(2)7-3-8(7)11-4-9-10-5-11;1-5(2)7-4-8(12-10-7)9-6(3)11;1-6(2)8-4-7(8)5-9-12(3,10)11;1-5(2)6-4-7(6)8(9)10-3;1-5(2)6-4-7(6)8-11(3,9)10;1-5(2)7-3-6(7)4-8;1-4(2)5-3-6(5)7(8)9/h3-8H,1-2H3;4-7H,1-3H3;7-9H,4-6H2,1-3H3,(H2,11,12,13);4-6H,1-3H3,(H,10,11);6-8H,4-5H2,1-3H3,(H,10,11);3-6H,1-2H3;4-8H,3H2,1-2H3;4-5H,1-3H3,(H,9,11);6-9H,4-5H2,1-3H3;5-7H,4H2,1-3H3;5-8H,4H2,1-3H3;5-7H,3H2,1-2H3;4-6H,3H2,1-2H3,(H,8,9). The fraction of sp³-hybridized carbons (Fsp3) is 0.682. The molecule has 16 unspecified atom stereocenters. The van der Waals surface area contributed by atoms with E-state index >= 15 is 0 Å². The lowest BCUT2D eigenvalue weighted by Gasteiger charge is -2.06. The first-order chi connectivity index (χ1) is 70.3. The van der Waals surface area contributed by atoms with E-state index in [0.29, 0.717) is 120 Å². The maximum Gasteiger partial charge on any atom is 0.314 e. The van der Waals surface area contributed by atoms with Gasteiger partial charge in [-0.2, -0.15) is 9.64 Å². The molecule has 16 atom stereocenters. The third-order valence-corrected chi connectivity index (χ3v) is 32.7. The van der Waals surface area contributed by atoms with Gasteiger partial charge in [-0.15, -0.1) is 65.7 Å². The van der Waals surface area contributed by atoms with Crippen LogP contribution < -0.4 is 36.0 Å². The number of urea groups is 1. The van der Waals surface area contributed by atoms with Gasteiger partial charge in [0.15, 0.2) is 5.13 Å². The van der Waals surface area contributed by atoms with Gasteiger partial charge in [-0.05, 0) is 248 Å². The fourth-order valence-corrected chi connectivity index (χ4v) is 22.8. The van der Waals surface area contributed by atoms with Crippen molar-refractivity contribution >= 4 is 123 Å².